The second kappa shape index (κ2) is 6.51. The van der Waals surface area contributed by atoms with Crippen molar-refractivity contribution in [3.05, 3.63) is 68.5 Å². The number of halogens is 2. The predicted octanol–water partition coefficient (Wildman–Crippen LogP) is 3.46. The zero-order valence-electron chi connectivity index (χ0n) is 10.8. The summed E-state index contributed by atoms with van der Waals surface area (Å²) in [4.78, 5) is 10.3. The summed E-state index contributed by atoms with van der Waals surface area (Å²) in [5.41, 5.74) is 0.505. The molecule has 0 aromatic heterocycles. The zero-order chi connectivity index (χ0) is 15.4. The zero-order valence-corrected chi connectivity index (χ0v) is 11.5. The molecule has 2 aromatic rings. The molecule has 0 atom stereocenters. The maximum Gasteiger partial charge on any atom is 0.276 e. The average Bonchev–Trinajstić information content (AvgIpc) is 2.45. The van der Waals surface area contributed by atoms with E-state index in [9.17, 15) is 14.5 Å². The van der Waals surface area contributed by atoms with Crippen LogP contribution in [0, 0.1) is 15.9 Å². The average molecular weight is 312 g/mol. The topological polar surface area (TPSA) is 72.6 Å². The molecule has 0 saturated carbocycles. The minimum Gasteiger partial charge on any atom is -0.487 e. The van der Waals surface area contributed by atoms with Gasteiger partial charge in [-0.1, -0.05) is 17.7 Å². The van der Waals surface area contributed by atoms with Crippen molar-refractivity contribution in [3.63, 3.8) is 0 Å². The molecule has 0 fully saturated rings. The van der Waals surface area contributed by atoms with Gasteiger partial charge in [0.1, 0.15) is 18.2 Å². The van der Waals surface area contributed by atoms with E-state index in [0.29, 0.717) is 11.3 Å². The molecule has 21 heavy (non-hydrogen) atoms. The summed E-state index contributed by atoms with van der Waals surface area (Å²) in [5, 5.41) is 20.1. The van der Waals surface area contributed by atoms with E-state index in [2.05, 4.69) is 0 Å². The monoisotopic (exact) mass is 311 g/mol. The highest BCUT2D eigenvalue weighted by Crippen LogP contribution is 2.28. The number of nitrogens with zero attached hydrogens (tertiary/aromatic N) is 1. The van der Waals surface area contributed by atoms with Crippen LogP contribution in [0.2, 0.25) is 5.02 Å². The van der Waals surface area contributed by atoms with Crippen LogP contribution in [0.3, 0.4) is 0 Å². The van der Waals surface area contributed by atoms with Crippen LogP contribution in [0.4, 0.5) is 10.1 Å². The van der Waals surface area contributed by atoms with Gasteiger partial charge in [0, 0.05) is 6.07 Å². The number of aliphatic hydroxyl groups excluding tert-OH is 1. The van der Waals surface area contributed by atoms with Gasteiger partial charge in [-0.25, -0.2) is 4.39 Å². The third kappa shape index (κ3) is 3.68. The van der Waals surface area contributed by atoms with Crippen LogP contribution in [0.15, 0.2) is 36.4 Å². The molecule has 0 heterocycles. The molecule has 5 nitrogen and oxygen atoms in total. The SMILES string of the molecule is O=[N+]([O-])c1ccc(F)cc1COc1ccc(CO)cc1Cl. The first-order chi connectivity index (χ1) is 10.0. The third-order valence-corrected chi connectivity index (χ3v) is 3.10. The molecule has 0 aliphatic carbocycles. The van der Waals surface area contributed by atoms with Crippen LogP contribution in [0.1, 0.15) is 11.1 Å². The summed E-state index contributed by atoms with van der Waals surface area (Å²) in [6.07, 6.45) is 0. The molecule has 2 rings (SSSR count). The van der Waals surface area contributed by atoms with Crippen molar-refractivity contribution in [2.75, 3.05) is 0 Å². The molecular weight excluding hydrogens is 301 g/mol. The van der Waals surface area contributed by atoms with Gasteiger partial charge in [-0.2, -0.15) is 0 Å². The van der Waals surface area contributed by atoms with Gasteiger partial charge in [-0.3, -0.25) is 10.1 Å². The summed E-state index contributed by atoms with van der Waals surface area (Å²) in [7, 11) is 0. The molecule has 7 heteroatoms. The molecule has 0 unspecified atom stereocenters. The first-order valence-corrected chi connectivity index (χ1v) is 6.34. The van der Waals surface area contributed by atoms with Crippen LogP contribution < -0.4 is 4.74 Å². The lowest BCUT2D eigenvalue weighted by atomic mass is 10.2. The highest BCUT2D eigenvalue weighted by molar-refractivity contribution is 6.32. The highest BCUT2D eigenvalue weighted by atomic mass is 35.5. The summed E-state index contributed by atoms with van der Waals surface area (Å²) in [5.74, 6) is -0.284. The van der Waals surface area contributed by atoms with Gasteiger partial charge in [-0.15, -0.1) is 0 Å². The Morgan fingerprint density at radius 2 is 2.05 bits per heavy atom. The first-order valence-electron chi connectivity index (χ1n) is 5.96. The highest BCUT2D eigenvalue weighted by Gasteiger charge is 2.15. The van der Waals surface area contributed by atoms with Gasteiger partial charge >= 0.3 is 0 Å². The second-order valence-corrected chi connectivity index (χ2v) is 4.65. The lowest BCUT2D eigenvalue weighted by Gasteiger charge is -2.09. The Morgan fingerprint density at radius 3 is 2.67 bits per heavy atom. The van der Waals surface area contributed by atoms with E-state index in [1.807, 2.05) is 0 Å². The van der Waals surface area contributed by atoms with E-state index in [0.717, 1.165) is 18.2 Å². The largest absolute Gasteiger partial charge is 0.487 e. The van der Waals surface area contributed by atoms with Crippen molar-refractivity contribution >= 4 is 17.3 Å². The van der Waals surface area contributed by atoms with Crippen LogP contribution in [0.5, 0.6) is 5.75 Å². The Kier molecular flexibility index (Phi) is 4.72. The smallest absolute Gasteiger partial charge is 0.276 e. The van der Waals surface area contributed by atoms with Crippen LogP contribution in [-0.2, 0) is 13.2 Å². The maximum atomic E-state index is 13.2. The molecule has 0 spiro atoms. The Hall–Kier alpha value is -2.18. The summed E-state index contributed by atoms with van der Waals surface area (Å²) >= 11 is 5.96. The number of benzene rings is 2. The van der Waals surface area contributed by atoms with Gasteiger partial charge in [0.25, 0.3) is 5.69 Å². The number of hydrogen-bond donors (Lipinski definition) is 1. The van der Waals surface area contributed by atoms with Crippen molar-refractivity contribution in [2.24, 2.45) is 0 Å². The van der Waals surface area contributed by atoms with E-state index >= 15 is 0 Å². The number of nitro groups is 1. The fourth-order valence-corrected chi connectivity index (χ4v) is 2.02. The first kappa shape index (κ1) is 15.2. The molecule has 2 aromatic carbocycles. The van der Waals surface area contributed by atoms with E-state index in [1.165, 1.54) is 6.07 Å². The van der Waals surface area contributed by atoms with Crippen molar-refractivity contribution in [1.82, 2.24) is 0 Å². The van der Waals surface area contributed by atoms with E-state index in [-0.39, 0.29) is 29.5 Å². The van der Waals surface area contributed by atoms with Crippen molar-refractivity contribution in [3.8, 4) is 5.75 Å². The van der Waals surface area contributed by atoms with Gasteiger partial charge in [-0.05, 0) is 29.8 Å². The lowest BCUT2D eigenvalue weighted by molar-refractivity contribution is -0.385. The fraction of sp³-hybridized carbons (Fsp3) is 0.143. The molecule has 0 bridgehead atoms. The van der Waals surface area contributed by atoms with E-state index in [4.69, 9.17) is 21.4 Å². The van der Waals surface area contributed by atoms with Crippen LogP contribution in [0.25, 0.3) is 0 Å². The van der Waals surface area contributed by atoms with Gasteiger partial charge in [0.15, 0.2) is 0 Å². The van der Waals surface area contributed by atoms with Crippen molar-refractivity contribution in [2.45, 2.75) is 13.2 Å². The number of rotatable bonds is 5. The van der Waals surface area contributed by atoms with Crippen LogP contribution >= 0.6 is 11.6 Å². The van der Waals surface area contributed by atoms with Crippen LogP contribution in [-0.4, -0.2) is 10.0 Å². The van der Waals surface area contributed by atoms with Crippen molar-refractivity contribution in [1.29, 1.82) is 0 Å². The van der Waals surface area contributed by atoms with Crippen molar-refractivity contribution < 1.29 is 19.2 Å². The fourth-order valence-electron chi connectivity index (χ4n) is 1.76. The standard InChI is InChI=1S/C14H11ClFNO4/c15-12-5-9(7-18)1-4-14(12)21-8-10-6-11(16)2-3-13(10)17(19)20/h1-6,18H,7-8H2. The lowest BCUT2D eigenvalue weighted by Crippen LogP contribution is -2.02. The Morgan fingerprint density at radius 1 is 1.29 bits per heavy atom. The normalized spacial score (nSPS) is 10.4. The third-order valence-electron chi connectivity index (χ3n) is 2.80. The molecule has 0 amide bonds. The molecule has 0 aliphatic rings. The Labute approximate surface area is 124 Å². The minimum absolute atomic E-state index is 0.113. The molecule has 1 N–H and O–H groups in total. The minimum atomic E-state index is -0.603. The molecule has 0 radical (unpaired) electrons. The summed E-state index contributed by atoms with van der Waals surface area (Å²) in [6.45, 7) is -0.346. The molecule has 0 saturated heterocycles. The molecule has 110 valence electrons. The summed E-state index contributed by atoms with van der Waals surface area (Å²) in [6, 6.07) is 7.83. The quantitative estimate of drug-likeness (QED) is 0.678. The predicted molar refractivity (Wildman–Crippen MR) is 74.8 cm³/mol. The van der Waals surface area contributed by atoms with Gasteiger partial charge in [0.05, 0.1) is 22.1 Å². The molecular formula is C14H11ClFNO4. The second-order valence-electron chi connectivity index (χ2n) is 4.24. The Balaban J connectivity index is 2.20. The summed E-state index contributed by atoms with van der Waals surface area (Å²) < 4.78 is 18.6. The maximum absolute atomic E-state index is 13.2. The van der Waals surface area contributed by atoms with Gasteiger partial charge < -0.3 is 9.84 Å². The van der Waals surface area contributed by atoms with Gasteiger partial charge in [0.2, 0.25) is 0 Å². The Bertz CT molecular complexity index is 678. The van der Waals surface area contributed by atoms with E-state index < -0.39 is 10.7 Å². The number of hydrogen-bond acceptors (Lipinski definition) is 4. The number of aliphatic hydroxyl groups is 1. The molecule has 0 aliphatic heterocycles. The number of nitro benzene ring substituents is 1. The number of ether oxygens (including phenoxy) is 1. The van der Waals surface area contributed by atoms with E-state index in [1.54, 1.807) is 12.1 Å².